The molecule has 1 saturated carbocycles. The van der Waals surface area contributed by atoms with E-state index in [0.717, 1.165) is 12.5 Å². The quantitative estimate of drug-likeness (QED) is 0.638. The van der Waals surface area contributed by atoms with E-state index in [9.17, 15) is 0 Å². The molecule has 1 atom stereocenters. The highest BCUT2D eigenvalue weighted by molar-refractivity contribution is 5.01. The normalized spacial score (nSPS) is 36.0. The highest BCUT2D eigenvalue weighted by atomic mass is 15.2. The Labute approximate surface area is 68.7 Å². The molecule has 2 heteroatoms. The van der Waals surface area contributed by atoms with Crippen molar-refractivity contribution in [1.82, 2.24) is 4.90 Å². The zero-order valence-electron chi connectivity index (χ0n) is 7.34. The highest BCUT2D eigenvalue weighted by Gasteiger charge is 2.40. The van der Waals surface area contributed by atoms with Crippen molar-refractivity contribution in [2.75, 3.05) is 19.6 Å². The lowest BCUT2D eigenvalue weighted by atomic mass is 10.2. The summed E-state index contributed by atoms with van der Waals surface area (Å²) < 4.78 is 0. The van der Waals surface area contributed by atoms with Gasteiger partial charge >= 0.3 is 0 Å². The van der Waals surface area contributed by atoms with Crippen molar-refractivity contribution in [2.45, 2.75) is 31.7 Å². The minimum absolute atomic E-state index is 0.226. The third-order valence-corrected chi connectivity index (χ3v) is 2.94. The Bertz CT molecular complexity index is 152. The van der Waals surface area contributed by atoms with E-state index in [-0.39, 0.29) is 5.54 Å². The summed E-state index contributed by atoms with van der Waals surface area (Å²) >= 11 is 0. The summed E-state index contributed by atoms with van der Waals surface area (Å²) in [5.41, 5.74) is 6.26. The SMILES string of the molecule is CC1CCN(CC2(N)CC2)C1. The van der Waals surface area contributed by atoms with Crippen LogP contribution in [-0.2, 0) is 0 Å². The van der Waals surface area contributed by atoms with Crippen LogP contribution in [0.5, 0.6) is 0 Å². The molecule has 2 fully saturated rings. The molecule has 0 amide bonds. The lowest BCUT2D eigenvalue weighted by Gasteiger charge is -2.19. The van der Waals surface area contributed by atoms with E-state index in [2.05, 4.69) is 11.8 Å². The third kappa shape index (κ3) is 1.74. The van der Waals surface area contributed by atoms with Crippen LogP contribution in [0.15, 0.2) is 0 Å². The first-order chi connectivity index (χ1) is 5.18. The van der Waals surface area contributed by atoms with Crippen molar-refractivity contribution in [3.05, 3.63) is 0 Å². The number of nitrogens with zero attached hydrogens (tertiary/aromatic N) is 1. The molecule has 64 valence electrons. The molecule has 0 aromatic rings. The molecule has 1 saturated heterocycles. The lowest BCUT2D eigenvalue weighted by Crippen LogP contribution is -2.38. The van der Waals surface area contributed by atoms with Crippen molar-refractivity contribution >= 4 is 0 Å². The number of likely N-dealkylation sites (tertiary alicyclic amines) is 1. The summed E-state index contributed by atoms with van der Waals surface area (Å²) in [5.74, 6) is 0.900. The van der Waals surface area contributed by atoms with Gasteiger partial charge in [0.2, 0.25) is 0 Å². The van der Waals surface area contributed by atoms with Crippen molar-refractivity contribution < 1.29 is 0 Å². The third-order valence-electron chi connectivity index (χ3n) is 2.94. The van der Waals surface area contributed by atoms with E-state index in [1.165, 1.54) is 32.4 Å². The smallest absolute Gasteiger partial charge is 0.0284 e. The Morgan fingerprint density at radius 3 is 2.73 bits per heavy atom. The Morgan fingerprint density at radius 1 is 1.55 bits per heavy atom. The van der Waals surface area contributed by atoms with Gasteiger partial charge in [-0.15, -0.1) is 0 Å². The van der Waals surface area contributed by atoms with Gasteiger partial charge in [0.05, 0.1) is 0 Å². The van der Waals surface area contributed by atoms with Crippen LogP contribution in [0.3, 0.4) is 0 Å². The minimum Gasteiger partial charge on any atom is -0.324 e. The lowest BCUT2D eigenvalue weighted by molar-refractivity contribution is 0.297. The van der Waals surface area contributed by atoms with Crippen LogP contribution < -0.4 is 5.73 Å². The predicted molar refractivity (Wildman–Crippen MR) is 46.4 cm³/mol. The molecule has 1 unspecified atom stereocenters. The van der Waals surface area contributed by atoms with Gasteiger partial charge in [0.15, 0.2) is 0 Å². The summed E-state index contributed by atoms with van der Waals surface area (Å²) in [7, 11) is 0. The second-order valence-electron chi connectivity index (χ2n) is 4.49. The molecular weight excluding hydrogens is 136 g/mol. The second-order valence-corrected chi connectivity index (χ2v) is 4.49. The molecule has 0 aromatic carbocycles. The number of hydrogen-bond donors (Lipinski definition) is 1. The largest absolute Gasteiger partial charge is 0.324 e. The standard InChI is InChI=1S/C9H18N2/c1-8-2-5-11(6-8)7-9(10)3-4-9/h8H,2-7,10H2,1H3. The second kappa shape index (κ2) is 2.46. The monoisotopic (exact) mass is 154 g/mol. The number of hydrogen-bond acceptors (Lipinski definition) is 2. The van der Waals surface area contributed by atoms with Gasteiger partial charge in [-0.05, 0) is 31.7 Å². The topological polar surface area (TPSA) is 29.3 Å². The molecule has 1 aliphatic heterocycles. The predicted octanol–water partition coefficient (Wildman–Crippen LogP) is 0.819. The first-order valence-electron chi connectivity index (χ1n) is 4.69. The minimum atomic E-state index is 0.226. The zero-order valence-corrected chi connectivity index (χ0v) is 7.34. The average molecular weight is 154 g/mol. The molecule has 2 N–H and O–H groups in total. The molecule has 0 aromatic heterocycles. The van der Waals surface area contributed by atoms with Gasteiger partial charge in [0.1, 0.15) is 0 Å². The number of rotatable bonds is 2. The fourth-order valence-corrected chi connectivity index (χ4v) is 1.93. The van der Waals surface area contributed by atoms with Gasteiger partial charge in [-0.2, -0.15) is 0 Å². The van der Waals surface area contributed by atoms with Crippen LogP contribution in [0.25, 0.3) is 0 Å². The molecular formula is C9H18N2. The van der Waals surface area contributed by atoms with Crippen LogP contribution >= 0.6 is 0 Å². The van der Waals surface area contributed by atoms with E-state index in [4.69, 9.17) is 5.73 Å². The van der Waals surface area contributed by atoms with Crippen LogP contribution in [0.4, 0.5) is 0 Å². The highest BCUT2D eigenvalue weighted by Crippen LogP contribution is 2.34. The molecule has 0 radical (unpaired) electrons. The summed E-state index contributed by atoms with van der Waals surface area (Å²) in [6.07, 6.45) is 3.87. The van der Waals surface area contributed by atoms with Gasteiger partial charge in [0.25, 0.3) is 0 Å². The molecule has 11 heavy (non-hydrogen) atoms. The molecule has 2 nitrogen and oxygen atoms in total. The van der Waals surface area contributed by atoms with Crippen LogP contribution in [0.1, 0.15) is 26.2 Å². The van der Waals surface area contributed by atoms with Crippen molar-refractivity contribution in [1.29, 1.82) is 0 Å². The molecule has 1 heterocycles. The van der Waals surface area contributed by atoms with E-state index in [0.29, 0.717) is 0 Å². The Kier molecular flexibility index (Phi) is 1.69. The fourth-order valence-electron chi connectivity index (χ4n) is 1.93. The van der Waals surface area contributed by atoms with Crippen LogP contribution in [-0.4, -0.2) is 30.1 Å². The summed E-state index contributed by atoms with van der Waals surface area (Å²) in [6.45, 7) is 6.03. The Hall–Kier alpha value is -0.0800. The van der Waals surface area contributed by atoms with Gasteiger partial charge in [0, 0.05) is 18.6 Å². The first-order valence-corrected chi connectivity index (χ1v) is 4.69. The summed E-state index contributed by atoms with van der Waals surface area (Å²) in [6, 6.07) is 0. The maximum absolute atomic E-state index is 6.03. The van der Waals surface area contributed by atoms with E-state index in [1.807, 2.05) is 0 Å². The Balaban J connectivity index is 1.79. The van der Waals surface area contributed by atoms with Gasteiger partial charge in [-0.25, -0.2) is 0 Å². The number of nitrogens with two attached hydrogens (primary N) is 1. The van der Waals surface area contributed by atoms with E-state index in [1.54, 1.807) is 0 Å². The van der Waals surface area contributed by atoms with Gasteiger partial charge < -0.3 is 10.6 Å². The maximum Gasteiger partial charge on any atom is 0.0284 e. The van der Waals surface area contributed by atoms with Crippen molar-refractivity contribution in [3.8, 4) is 0 Å². The molecule has 1 aliphatic carbocycles. The summed E-state index contributed by atoms with van der Waals surface area (Å²) in [4.78, 5) is 2.53. The molecule has 2 rings (SSSR count). The average Bonchev–Trinajstić information content (AvgIpc) is 2.49. The molecule has 0 bridgehead atoms. The fraction of sp³-hybridized carbons (Fsp3) is 1.00. The van der Waals surface area contributed by atoms with Gasteiger partial charge in [-0.1, -0.05) is 6.92 Å². The Morgan fingerprint density at radius 2 is 2.27 bits per heavy atom. The van der Waals surface area contributed by atoms with Crippen molar-refractivity contribution in [3.63, 3.8) is 0 Å². The van der Waals surface area contributed by atoms with Crippen molar-refractivity contribution in [2.24, 2.45) is 11.7 Å². The zero-order chi connectivity index (χ0) is 7.90. The van der Waals surface area contributed by atoms with E-state index >= 15 is 0 Å². The maximum atomic E-state index is 6.03. The van der Waals surface area contributed by atoms with E-state index < -0.39 is 0 Å². The molecule has 2 aliphatic rings. The summed E-state index contributed by atoms with van der Waals surface area (Å²) in [5, 5.41) is 0. The van der Waals surface area contributed by atoms with Crippen LogP contribution in [0, 0.1) is 5.92 Å². The van der Waals surface area contributed by atoms with Crippen LogP contribution in [0.2, 0.25) is 0 Å². The first kappa shape index (κ1) is 7.56. The molecule has 0 spiro atoms. The van der Waals surface area contributed by atoms with Gasteiger partial charge in [-0.3, -0.25) is 0 Å².